The van der Waals surface area contributed by atoms with E-state index in [9.17, 15) is 9.59 Å². The second kappa shape index (κ2) is 4.99. The number of rotatable bonds is 4. The number of hydrogen-bond acceptors (Lipinski definition) is 2. The Kier molecular flexibility index (Phi) is 3.89. The molecule has 0 spiro atoms. The van der Waals surface area contributed by atoms with Gasteiger partial charge in [-0.2, -0.15) is 0 Å². The van der Waals surface area contributed by atoms with Crippen LogP contribution < -0.4 is 0 Å². The first-order chi connectivity index (χ1) is 7.84. The van der Waals surface area contributed by atoms with Crippen molar-refractivity contribution >= 4 is 11.9 Å². The maximum Gasteiger partial charge on any atom is 0.305 e. The summed E-state index contributed by atoms with van der Waals surface area (Å²) < 4.78 is 0. The molecule has 1 amide bonds. The fourth-order valence-corrected chi connectivity index (χ4v) is 1.54. The van der Waals surface area contributed by atoms with Crippen molar-refractivity contribution in [2.75, 3.05) is 7.05 Å². The average molecular weight is 235 g/mol. The molecule has 0 saturated carbocycles. The first-order valence-electron chi connectivity index (χ1n) is 5.39. The summed E-state index contributed by atoms with van der Waals surface area (Å²) in [6.45, 7) is 3.48. The van der Waals surface area contributed by atoms with Crippen LogP contribution in [0.1, 0.15) is 30.6 Å². The predicted octanol–water partition coefficient (Wildman–Crippen LogP) is 2.01. The number of carbonyl (C=O) groups excluding carboxylic acids is 1. The van der Waals surface area contributed by atoms with Crippen molar-refractivity contribution in [2.45, 2.75) is 25.8 Å². The quantitative estimate of drug-likeness (QED) is 0.868. The molecular weight excluding hydrogens is 218 g/mol. The molecule has 0 aliphatic rings. The number of hydrogen-bond donors (Lipinski definition) is 1. The maximum atomic E-state index is 12.1. The number of benzene rings is 1. The van der Waals surface area contributed by atoms with Crippen molar-refractivity contribution in [3.63, 3.8) is 0 Å². The average Bonchev–Trinajstić information content (AvgIpc) is 2.26. The Bertz CT molecular complexity index is 412. The molecule has 1 aromatic rings. The summed E-state index contributed by atoms with van der Waals surface area (Å²) >= 11 is 0. The summed E-state index contributed by atoms with van der Waals surface area (Å²) in [5, 5.41) is 8.81. The molecule has 0 atom stereocenters. The van der Waals surface area contributed by atoms with Crippen LogP contribution in [0.25, 0.3) is 0 Å². The van der Waals surface area contributed by atoms with Gasteiger partial charge in [-0.3, -0.25) is 9.59 Å². The van der Waals surface area contributed by atoms with E-state index in [0.29, 0.717) is 5.56 Å². The Morgan fingerprint density at radius 3 is 2.24 bits per heavy atom. The molecule has 0 radical (unpaired) electrons. The van der Waals surface area contributed by atoms with Crippen molar-refractivity contribution in [3.8, 4) is 0 Å². The molecule has 0 aromatic heterocycles. The van der Waals surface area contributed by atoms with Crippen LogP contribution in [0.3, 0.4) is 0 Å². The summed E-state index contributed by atoms with van der Waals surface area (Å²) in [5.74, 6) is -1.08. The summed E-state index contributed by atoms with van der Waals surface area (Å²) in [5.41, 5.74) is -0.146. The molecule has 0 aliphatic carbocycles. The zero-order chi connectivity index (χ0) is 13.1. The van der Waals surface area contributed by atoms with E-state index in [2.05, 4.69) is 0 Å². The van der Waals surface area contributed by atoms with Crippen LogP contribution in [0, 0.1) is 0 Å². The molecule has 1 rings (SSSR count). The second-order valence-electron chi connectivity index (χ2n) is 4.61. The van der Waals surface area contributed by atoms with Gasteiger partial charge in [0.25, 0.3) is 5.91 Å². The SMILES string of the molecule is CN(C(=O)c1ccccc1)C(C)(C)CC(=O)O. The summed E-state index contributed by atoms with van der Waals surface area (Å²) in [4.78, 5) is 24.3. The highest BCUT2D eigenvalue weighted by Gasteiger charge is 2.30. The lowest BCUT2D eigenvalue weighted by molar-refractivity contribution is -0.139. The van der Waals surface area contributed by atoms with Gasteiger partial charge in [-0.25, -0.2) is 0 Å². The zero-order valence-corrected chi connectivity index (χ0v) is 10.3. The van der Waals surface area contributed by atoms with Gasteiger partial charge >= 0.3 is 5.97 Å². The van der Waals surface area contributed by atoms with E-state index in [4.69, 9.17) is 5.11 Å². The molecule has 1 N–H and O–H groups in total. The number of nitrogens with zero attached hydrogens (tertiary/aromatic N) is 1. The molecule has 0 bridgehead atoms. The smallest absolute Gasteiger partial charge is 0.305 e. The summed E-state index contributed by atoms with van der Waals surface area (Å²) in [7, 11) is 1.62. The number of carboxylic acid groups (broad SMARTS) is 1. The molecule has 0 saturated heterocycles. The highest BCUT2D eigenvalue weighted by Crippen LogP contribution is 2.19. The van der Waals surface area contributed by atoms with Crippen LogP contribution >= 0.6 is 0 Å². The maximum absolute atomic E-state index is 12.1. The standard InChI is InChI=1S/C13H17NO3/c1-13(2,9-11(15)16)14(3)12(17)10-7-5-4-6-8-10/h4-8H,9H2,1-3H3,(H,15,16). The van der Waals surface area contributed by atoms with Gasteiger partial charge in [-0.15, -0.1) is 0 Å². The zero-order valence-electron chi connectivity index (χ0n) is 10.3. The van der Waals surface area contributed by atoms with E-state index >= 15 is 0 Å². The van der Waals surface area contributed by atoms with Crippen LogP contribution in [0.5, 0.6) is 0 Å². The van der Waals surface area contributed by atoms with Gasteiger partial charge in [0, 0.05) is 18.2 Å². The Labute approximate surface area is 101 Å². The minimum atomic E-state index is -0.914. The number of aliphatic carboxylic acids is 1. The minimum Gasteiger partial charge on any atom is -0.481 e. The third-order valence-electron chi connectivity index (χ3n) is 2.82. The Morgan fingerprint density at radius 2 is 1.76 bits per heavy atom. The van der Waals surface area contributed by atoms with Crippen molar-refractivity contribution in [2.24, 2.45) is 0 Å². The Hall–Kier alpha value is -1.84. The van der Waals surface area contributed by atoms with Gasteiger partial charge in [-0.05, 0) is 26.0 Å². The highest BCUT2D eigenvalue weighted by atomic mass is 16.4. The topological polar surface area (TPSA) is 57.6 Å². The largest absolute Gasteiger partial charge is 0.481 e. The lowest BCUT2D eigenvalue weighted by Gasteiger charge is -2.34. The van der Waals surface area contributed by atoms with Crippen LogP contribution in [0.2, 0.25) is 0 Å². The third kappa shape index (κ3) is 3.31. The fraction of sp³-hybridized carbons (Fsp3) is 0.385. The van der Waals surface area contributed by atoms with Gasteiger partial charge in [0.1, 0.15) is 0 Å². The van der Waals surface area contributed by atoms with E-state index in [1.54, 1.807) is 45.2 Å². The second-order valence-corrected chi connectivity index (χ2v) is 4.61. The van der Waals surface area contributed by atoms with Crippen LogP contribution in [-0.2, 0) is 4.79 Å². The normalized spacial score (nSPS) is 11.0. The number of carbonyl (C=O) groups is 2. The summed E-state index contributed by atoms with van der Waals surface area (Å²) in [6.07, 6.45) is -0.0813. The molecule has 92 valence electrons. The van der Waals surface area contributed by atoms with Crippen LogP contribution in [0.4, 0.5) is 0 Å². The summed E-state index contributed by atoms with van der Waals surface area (Å²) in [6, 6.07) is 8.83. The number of carboxylic acids is 1. The van der Waals surface area contributed by atoms with E-state index in [1.807, 2.05) is 6.07 Å². The molecular formula is C13H17NO3. The van der Waals surface area contributed by atoms with Crippen LogP contribution in [0.15, 0.2) is 30.3 Å². The predicted molar refractivity (Wildman–Crippen MR) is 64.9 cm³/mol. The lowest BCUT2D eigenvalue weighted by atomic mass is 9.97. The molecule has 0 heterocycles. The van der Waals surface area contributed by atoms with Gasteiger partial charge in [0.05, 0.1) is 6.42 Å². The first-order valence-corrected chi connectivity index (χ1v) is 5.39. The molecule has 0 unspecified atom stereocenters. The number of amides is 1. The van der Waals surface area contributed by atoms with Gasteiger partial charge in [0.15, 0.2) is 0 Å². The molecule has 0 aliphatic heterocycles. The molecule has 17 heavy (non-hydrogen) atoms. The van der Waals surface area contributed by atoms with E-state index < -0.39 is 11.5 Å². The minimum absolute atomic E-state index is 0.0813. The van der Waals surface area contributed by atoms with Crippen molar-refractivity contribution in [1.29, 1.82) is 0 Å². The Balaban J connectivity index is 2.86. The van der Waals surface area contributed by atoms with Crippen molar-refractivity contribution < 1.29 is 14.7 Å². The van der Waals surface area contributed by atoms with Crippen molar-refractivity contribution in [3.05, 3.63) is 35.9 Å². The van der Waals surface area contributed by atoms with E-state index in [1.165, 1.54) is 4.90 Å². The van der Waals surface area contributed by atoms with E-state index in [-0.39, 0.29) is 12.3 Å². The highest BCUT2D eigenvalue weighted by molar-refractivity contribution is 5.94. The molecule has 4 heteroatoms. The molecule has 4 nitrogen and oxygen atoms in total. The van der Waals surface area contributed by atoms with Gasteiger partial charge < -0.3 is 10.0 Å². The molecule has 1 aromatic carbocycles. The fourth-order valence-electron chi connectivity index (χ4n) is 1.54. The van der Waals surface area contributed by atoms with Crippen LogP contribution in [-0.4, -0.2) is 34.5 Å². The van der Waals surface area contributed by atoms with Crippen molar-refractivity contribution in [1.82, 2.24) is 4.90 Å². The van der Waals surface area contributed by atoms with Gasteiger partial charge in [-0.1, -0.05) is 18.2 Å². The first kappa shape index (κ1) is 13.2. The molecule has 0 fully saturated rings. The van der Waals surface area contributed by atoms with Gasteiger partial charge in [0.2, 0.25) is 0 Å². The van der Waals surface area contributed by atoms with E-state index in [0.717, 1.165) is 0 Å². The Morgan fingerprint density at radius 1 is 1.24 bits per heavy atom. The monoisotopic (exact) mass is 235 g/mol. The third-order valence-corrected chi connectivity index (χ3v) is 2.82. The lowest BCUT2D eigenvalue weighted by Crippen LogP contribution is -2.46.